The molecule has 1 aliphatic rings. The van der Waals surface area contributed by atoms with E-state index in [1.165, 1.54) is 38.4 Å². The average Bonchev–Trinajstić information content (AvgIpc) is 3.42. The molecular formula is C29H21NO. The van der Waals surface area contributed by atoms with Crippen LogP contribution in [-0.4, -0.2) is 4.57 Å². The highest BCUT2D eigenvalue weighted by molar-refractivity contribution is 6.19. The molecule has 4 aromatic carbocycles. The fraction of sp³-hybridized carbons (Fsp3) is 0.103. The van der Waals surface area contributed by atoms with Crippen molar-refractivity contribution < 1.29 is 4.42 Å². The van der Waals surface area contributed by atoms with E-state index < -0.39 is 0 Å². The van der Waals surface area contributed by atoms with Gasteiger partial charge in [0.15, 0.2) is 5.58 Å². The third kappa shape index (κ3) is 2.02. The van der Waals surface area contributed by atoms with Crippen molar-refractivity contribution in [2.24, 2.45) is 0 Å². The number of benzene rings is 4. The SMILES string of the molecule is CC1(C)c2ccccc2-c2c1oc1c2ccc2c3ccccc3n(-c3ccccc3)c21. The van der Waals surface area contributed by atoms with Crippen LogP contribution in [0.25, 0.3) is 49.6 Å². The van der Waals surface area contributed by atoms with E-state index in [1.807, 2.05) is 0 Å². The molecule has 31 heavy (non-hydrogen) atoms. The molecule has 6 aromatic rings. The molecule has 0 amide bonds. The van der Waals surface area contributed by atoms with Crippen molar-refractivity contribution in [2.45, 2.75) is 19.3 Å². The maximum absolute atomic E-state index is 6.79. The van der Waals surface area contributed by atoms with Crippen LogP contribution in [0.4, 0.5) is 0 Å². The molecular weight excluding hydrogens is 378 g/mol. The van der Waals surface area contributed by atoms with Gasteiger partial charge < -0.3 is 8.98 Å². The van der Waals surface area contributed by atoms with E-state index in [2.05, 4.69) is 109 Å². The van der Waals surface area contributed by atoms with Crippen molar-refractivity contribution in [3.63, 3.8) is 0 Å². The number of hydrogen-bond donors (Lipinski definition) is 0. The summed E-state index contributed by atoms with van der Waals surface area (Å²) in [5.74, 6) is 1.07. The number of hydrogen-bond acceptors (Lipinski definition) is 1. The summed E-state index contributed by atoms with van der Waals surface area (Å²) in [7, 11) is 0. The molecule has 2 heteroatoms. The topological polar surface area (TPSA) is 18.1 Å². The largest absolute Gasteiger partial charge is 0.457 e. The first-order valence-electron chi connectivity index (χ1n) is 10.8. The summed E-state index contributed by atoms with van der Waals surface area (Å²) < 4.78 is 9.14. The van der Waals surface area contributed by atoms with Crippen LogP contribution in [0.5, 0.6) is 0 Å². The van der Waals surface area contributed by atoms with Gasteiger partial charge >= 0.3 is 0 Å². The van der Waals surface area contributed by atoms with Gasteiger partial charge in [-0.15, -0.1) is 0 Å². The van der Waals surface area contributed by atoms with Gasteiger partial charge in [0.25, 0.3) is 0 Å². The van der Waals surface area contributed by atoms with Gasteiger partial charge in [-0.1, -0.05) is 66.7 Å². The lowest BCUT2D eigenvalue weighted by Crippen LogP contribution is -2.14. The van der Waals surface area contributed by atoms with Crippen molar-refractivity contribution in [2.75, 3.05) is 0 Å². The van der Waals surface area contributed by atoms with Crippen LogP contribution in [0.3, 0.4) is 0 Å². The molecule has 2 heterocycles. The number of aromatic nitrogens is 1. The molecule has 0 N–H and O–H groups in total. The Bertz CT molecular complexity index is 1650. The average molecular weight is 399 g/mol. The lowest BCUT2D eigenvalue weighted by Gasteiger charge is -2.18. The summed E-state index contributed by atoms with van der Waals surface area (Å²) >= 11 is 0. The Balaban J connectivity index is 1.70. The molecule has 0 radical (unpaired) electrons. The van der Waals surface area contributed by atoms with Crippen molar-refractivity contribution in [1.29, 1.82) is 0 Å². The zero-order chi connectivity index (χ0) is 20.7. The number of furan rings is 1. The van der Waals surface area contributed by atoms with E-state index in [9.17, 15) is 0 Å². The Hall–Kier alpha value is -3.78. The first-order chi connectivity index (χ1) is 15.2. The van der Waals surface area contributed by atoms with Gasteiger partial charge in [0.05, 0.1) is 11.0 Å². The normalized spacial score (nSPS) is 14.4. The van der Waals surface area contributed by atoms with Crippen LogP contribution in [-0.2, 0) is 5.41 Å². The fourth-order valence-electron chi connectivity index (χ4n) is 5.52. The predicted molar refractivity (Wildman–Crippen MR) is 128 cm³/mol. The zero-order valence-corrected chi connectivity index (χ0v) is 17.5. The summed E-state index contributed by atoms with van der Waals surface area (Å²) in [6.45, 7) is 4.54. The molecule has 0 unspecified atom stereocenters. The minimum atomic E-state index is -0.152. The Labute approximate surface area is 180 Å². The maximum atomic E-state index is 6.79. The molecule has 2 aromatic heterocycles. The van der Waals surface area contributed by atoms with E-state index >= 15 is 0 Å². The minimum Gasteiger partial charge on any atom is -0.457 e. The van der Waals surface area contributed by atoms with Gasteiger partial charge in [-0.2, -0.15) is 0 Å². The molecule has 2 nitrogen and oxygen atoms in total. The molecule has 0 saturated carbocycles. The predicted octanol–water partition coefficient (Wildman–Crippen LogP) is 7.84. The summed E-state index contributed by atoms with van der Waals surface area (Å²) in [4.78, 5) is 0. The summed E-state index contributed by atoms with van der Waals surface area (Å²) in [6, 6.07) is 32.5. The van der Waals surface area contributed by atoms with Gasteiger partial charge in [0.1, 0.15) is 5.76 Å². The van der Waals surface area contributed by atoms with Crippen LogP contribution >= 0.6 is 0 Å². The van der Waals surface area contributed by atoms with Crippen LogP contribution in [0.1, 0.15) is 25.2 Å². The number of rotatable bonds is 1. The van der Waals surface area contributed by atoms with Gasteiger partial charge in [-0.25, -0.2) is 0 Å². The van der Waals surface area contributed by atoms with E-state index in [0.29, 0.717) is 0 Å². The lowest BCUT2D eigenvalue weighted by atomic mass is 9.86. The molecule has 1 aliphatic carbocycles. The number of para-hydroxylation sites is 2. The molecule has 0 bridgehead atoms. The van der Waals surface area contributed by atoms with E-state index in [-0.39, 0.29) is 5.41 Å². The second-order valence-electron chi connectivity index (χ2n) is 9.00. The maximum Gasteiger partial charge on any atom is 0.159 e. The van der Waals surface area contributed by atoms with Gasteiger partial charge in [0, 0.05) is 32.8 Å². The second-order valence-corrected chi connectivity index (χ2v) is 9.00. The number of fused-ring (bicyclic) bond motifs is 9. The highest BCUT2D eigenvalue weighted by Crippen LogP contribution is 2.54. The third-order valence-electron chi connectivity index (χ3n) is 6.94. The Morgan fingerprint density at radius 3 is 2.26 bits per heavy atom. The monoisotopic (exact) mass is 399 g/mol. The zero-order valence-electron chi connectivity index (χ0n) is 17.5. The van der Waals surface area contributed by atoms with Crippen LogP contribution in [0, 0.1) is 0 Å². The molecule has 148 valence electrons. The first kappa shape index (κ1) is 17.0. The van der Waals surface area contributed by atoms with Gasteiger partial charge in [-0.05, 0) is 49.2 Å². The van der Waals surface area contributed by atoms with Crippen molar-refractivity contribution in [3.05, 3.63) is 102 Å². The molecule has 0 fully saturated rings. The molecule has 7 rings (SSSR count). The first-order valence-corrected chi connectivity index (χ1v) is 10.8. The van der Waals surface area contributed by atoms with Crippen LogP contribution < -0.4 is 0 Å². The van der Waals surface area contributed by atoms with Crippen molar-refractivity contribution in [3.8, 4) is 16.8 Å². The lowest BCUT2D eigenvalue weighted by molar-refractivity contribution is 0.466. The highest BCUT2D eigenvalue weighted by atomic mass is 16.3. The molecule has 0 atom stereocenters. The van der Waals surface area contributed by atoms with E-state index in [0.717, 1.165) is 22.5 Å². The minimum absolute atomic E-state index is 0.152. The number of nitrogens with zero attached hydrogens (tertiary/aromatic N) is 1. The van der Waals surface area contributed by atoms with Gasteiger partial charge in [-0.3, -0.25) is 0 Å². The fourth-order valence-corrected chi connectivity index (χ4v) is 5.52. The summed E-state index contributed by atoms with van der Waals surface area (Å²) in [6.07, 6.45) is 0. The van der Waals surface area contributed by atoms with Crippen LogP contribution in [0.2, 0.25) is 0 Å². The summed E-state index contributed by atoms with van der Waals surface area (Å²) in [5.41, 5.74) is 8.21. The Kier molecular flexibility index (Phi) is 3.10. The Morgan fingerprint density at radius 1 is 0.677 bits per heavy atom. The summed E-state index contributed by atoms with van der Waals surface area (Å²) in [5, 5.41) is 3.67. The standard InChI is InChI=1S/C29H21NO/c1-29(2)23-14-8-6-13-21(23)25-22-17-16-20-19-12-7-9-15-24(19)30(18-10-4-3-5-11-18)26(20)27(22)31-28(25)29/h3-17H,1-2H3. The smallest absolute Gasteiger partial charge is 0.159 e. The molecule has 0 spiro atoms. The molecule has 0 saturated heterocycles. The van der Waals surface area contributed by atoms with Crippen molar-refractivity contribution in [1.82, 2.24) is 4.57 Å². The highest BCUT2D eigenvalue weighted by Gasteiger charge is 2.40. The third-order valence-corrected chi connectivity index (χ3v) is 6.94. The Morgan fingerprint density at radius 2 is 1.39 bits per heavy atom. The van der Waals surface area contributed by atoms with Crippen LogP contribution in [0.15, 0.2) is 95.4 Å². The van der Waals surface area contributed by atoms with E-state index in [4.69, 9.17) is 4.42 Å². The van der Waals surface area contributed by atoms with Crippen molar-refractivity contribution >= 4 is 32.8 Å². The quantitative estimate of drug-likeness (QED) is 0.275. The molecule has 0 aliphatic heterocycles. The van der Waals surface area contributed by atoms with Gasteiger partial charge in [0.2, 0.25) is 0 Å². The second kappa shape index (κ2) is 5.67. The van der Waals surface area contributed by atoms with E-state index in [1.54, 1.807) is 0 Å².